The molecule has 2 aliphatic rings. The van der Waals surface area contributed by atoms with Gasteiger partial charge in [-0.25, -0.2) is 4.39 Å². The van der Waals surface area contributed by atoms with Gasteiger partial charge in [-0.3, -0.25) is 9.69 Å². The number of aryl methyl sites for hydroxylation is 1. The predicted molar refractivity (Wildman–Crippen MR) is 121 cm³/mol. The largest absolute Gasteiger partial charge is 0.369 e. The van der Waals surface area contributed by atoms with Crippen molar-refractivity contribution >= 4 is 28.5 Å². The average molecular weight is 409 g/mol. The van der Waals surface area contributed by atoms with Crippen molar-refractivity contribution in [3.63, 3.8) is 0 Å². The molecule has 2 N–H and O–H groups in total. The standard InChI is InChI=1S/C24H29FN4O/c1-3-4-9-28-10-12-29(13-11-28)23-8-6-19(14-17(23)2)26-16-21-20-15-18(25)5-7-22(20)27-24(21)30/h5-8,14-16,26H,3-4,9-13H2,1-2H3,(H,27,30). The van der Waals surface area contributed by atoms with Crippen LogP contribution in [0.3, 0.4) is 0 Å². The van der Waals surface area contributed by atoms with Crippen LogP contribution in [0.5, 0.6) is 0 Å². The minimum absolute atomic E-state index is 0.225. The van der Waals surface area contributed by atoms with Crippen LogP contribution in [0, 0.1) is 12.7 Å². The van der Waals surface area contributed by atoms with Crippen LogP contribution >= 0.6 is 0 Å². The molecule has 1 fully saturated rings. The van der Waals surface area contributed by atoms with E-state index in [4.69, 9.17) is 0 Å². The number of carbonyl (C=O) groups is 1. The van der Waals surface area contributed by atoms with E-state index in [2.05, 4.69) is 46.4 Å². The fourth-order valence-electron chi connectivity index (χ4n) is 4.15. The van der Waals surface area contributed by atoms with Crippen LogP contribution in [-0.4, -0.2) is 43.5 Å². The molecule has 158 valence electrons. The third kappa shape index (κ3) is 4.33. The number of nitrogens with one attached hydrogen (secondary N) is 2. The highest BCUT2D eigenvalue weighted by Gasteiger charge is 2.24. The third-order valence-electron chi connectivity index (χ3n) is 5.89. The van der Waals surface area contributed by atoms with Crippen LogP contribution < -0.4 is 15.5 Å². The molecule has 2 aromatic rings. The SMILES string of the molecule is CCCCN1CCN(c2ccc(NC=C3C(=O)Nc4ccc(F)cc43)cc2C)CC1. The summed E-state index contributed by atoms with van der Waals surface area (Å²) in [5.74, 6) is -0.580. The van der Waals surface area contributed by atoms with Crippen molar-refractivity contribution in [3.05, 3.63) is 59.5 Å². The van der Waals surface area contributed by atoms with Gasteiger partial charge in [-0.2, -0.15) is 0 Å². The van der Waals surface area contributed by atoms with Gasteiger partial charge in [-0.1, -0.05) is 13.3 Å². The van der Waals surface area contributed by atoms with Gasteiger partial charge in [0, 0.05) is 55.0 Å². The maximum absolute atomic E-state index is 13.6. The number of halogens is 1. The smallest absolute Gasteiger partial charge is 0.257 e. The maximum atomic E-state index is 13.6. The number of nitrogens with zero attached hydrogens (tertiary/aromatic N) is 2. The van der Waals surface area contributed by atoms with Crippen molar-refractivity contribution < 1.29 is 9.18 Å². The number of amides is 1. The first-order chi connectivity index (χ1) is 14.5. The number of hydrogen-bond donors (Lipinski definition) is 2. The Labute approximate surface area is 177 Å². The first kappa shape index (κ1) is 20.4. The molecule has 0 aliphatic carbocycles. The summed E-state index contributed by atoms with van der Waals surface area (Å²) >= 11 is 0. The molecule has 1 saturated heterocycles. The van der Waals surface area contributed by atoms with Gasteiger partial charge in [0.25, 0.3) is 5.91 Å². The van der Waals surface area contributed by atoms with Crippen molar-refractivity contribution in [1.29, 1.82) is 0 Å². The highest BCUT2D eigenvalue weighted by atomic mass is 19.1. The molecular formula is C24H29FN4O. The second-order valence-electron chi connectivity index (χ2n) is 8.03. The molecule has 4 rings (SSSR count). The number of piperazine rings is 1. The highest BCUT2D eigenvalue weighted by Crippen LogP contribution is 2.32. The molecule has 0 unspecified atom stereocenters. The fourth-order valence-corrected chi connectivity index (χ4v) is 4.15. The summed E-state index contributed by atoms with van der Waals surface area (Å²) in [6.45, 7) is 9.86. The number of fused-ring (bicyclic) bond motifs is 1. The lowest BCUT2D eigenvalue weighted by Gasteiger charge is -2.37. The topological polar surface area (TPSA) is 47.6 Å². The van der Waals surface area contributed by atoms with Gasteiger partial charge in [0.1, 0.15) is 5.82 Å². The van der Waals surface area contributed by atoms with Crippen LogP contribution in [-0.2, 0) is 4.79 Å². The Morgan fingerprint density at radius 1 is 1.13 bits per heavy atom. The Balaban J connectivity index is 1.43. The first-order valence-corrected chi connectivity index (χ1v) is 10.7. The number of anilines is 3. The Hall–Kier alpha value is -2.86. The average Bonchev–Trinajstić information content (AvgIpc) is 3.05. The maximum Gasteiger partial charge on any atom is 0.257 e. The summed E-state index contributed by atoms with van der Waals surface area (Å²) < 4.78 is 13.6. The van der Waals surface area contributed by atoms with E-state index in [9.17, 15) is 9.18 Å². The lowest BCUT2D eigenvalue weighted by Crippen LogP contribution is -2.46. The Morgan fingerprint density at radius 2 is 1.93 bits per heavy atom. The second kappa shape index (κ2) is 8.88. The molecule has 30 heavy (non-hydrogen) atoms. The zero-order chi connectivity index (χ0) is 21.1. The monoisotopic (exact) mass is 408 g/mol. The van der Waals surface area contributed by atoms with E-state index in [0.717, 1.165) is 31.9 Å². The number of benzene rings is 2. The van der Waals surface area contributed by atoms with Crippen molar-refractivity contribution in [2.24, 2.45) is 0 Å². The second-order valence-corrected chi connectivity index (χ2v) is 8.03. The number of hydrogen-bond acceptors (Lipinski definition) is 4. The molecule has 0 atom stereocenters. The van der Waals surface area contributed by atoms with Crippen LogP contribution in [0.2, 0.25) is 0 Å². The van der Waals surface area contributed by atoms with E-state index < -0.39 is 0 Å². The molecule has 0 radical (unpaired) electrons. The molecule has 0 aromatic heterocycles. The van der Waals surface area contributed by atoms with E-state index in [1.807, 2.05) is 6.07 Å². The minimum Gasteiger partial charge on any atom is -0.369 e. The number of unbranched alkanes of at least 4 members (excludes halogenated alkanes) is 1. The van der Waals surface area contributed by atoms with Gasteiger partial charge in [-0.15, -0.1) is 0 Å². The summed E-state index contributed by atoms with van der Waals surface area (Å²) in [6.07, 6.45) is 4.16. The van der Waals surface area contributed by atoms with Gasteiger partial charge in [-0.05, 0) is 61.9 Å². The first-order valence-electron chi connectivity index (χ1n) is 10.7. The van der Waals surface area contributed by atoms with Gasteiger partial charge in [0.15, 0.2) is 0 Å². The van der Waals surface area contributed by atoms with E-state index >= 15 is 0 Å². The van der Waals surface area contributed by atoms with Crippen molar-refractivity contribution in [3.8, 4) is 0 Å². The Morgan fingerprint density at radius 3 is 2.67 bits per heavy atom. The Bertz CT molecular complexity index is 964. The zero-order valence-electron chi connectivity index (χ0n) is 17.7. The lowest BCUT2D eigenvalue weighted by atomic mass is 10.1. The van der Waals surface area contributed by atoms with Gasteiger partial charge < -0.3 is 15.5 Å². The molecule has 0 bridgehead atoms. The summed E-state index contributed by atoms with van der Waals surface area (Å²) in [7, 11) is 0. The van der Waals surface area contributed by atoms with Crippen LogP contribution in [0.15, 0.2) is 42.6 Å². The van der Waals surface area contributed by atoms with Gasteiger partial charge in [0.2, 0.25) is 0 Å². The number of carbonyl (C=O) groups excluding carboxylic acids is 1. The third-order valence-corrected chi connectivity index (χ3v) is 5.89. The van der Waals surface area contributed by atoms with Crippen LogP contribution in [0.25, 0.3) is 5.57 Å². The van der Waals surface area contributed by atoms with Crippen molar-refractivity contribution in [2.45, 2.75) is 26.7 Å². The van der Waals surface area contributed by atoms with Crippen molar-refractivity contribution in [1.82, 2.24) is 4.90 Å². The molecule has 2 heterocycles. The predicted octanol–water partition coefficient (Wildman–Crippen LogP) is 4.46. The van der Waals surface area contributed by atoms with Crippen molar-refractivity contribution in [2.75, 3.05) is 48.3 Å². The quantitative estimate of drug-likeness (QED) is 0.693. The molecule has 5 nitrogen and oxygen atoms in total. The molecule has 0 saturated carbocycles. The van der Waals surface area contributed by atoms with E-state index in [1.54, 1.807) is 12.3 Å². The lowest BCUT2D eigenvalue weighted by molar-refractivity contribution is -0.110. The summed E-state index contributed by atoms with van der Waals surface area (Å²) in [5, 5.41) is 5.97. The number of rotatable bonds is 6. The van der Waals surface area contributed by atoms with E-state index in [0.29, 0.717) is 16.8 Å². The minimum atomic E-state index is -0.355. The van der Waals surface area contributed by atoms with Crippen LogP contribution in [0.1, 0.15) is 30.9 Å². The van der Waals surface area contributed by atoms with E-state index in [-0.39, 0.29) is 11.7 Å². The van der Waals surface area contributed by atoms with E-state index in [1.165, 1.54) is 42.8 Å². The Kier molecular flexibility index (Phi) is 6.04. The molecule has 0 spiro atoms. The molecule has 2 aliphatic heterocycles. The summed E-state index contributed by atoms with van der Waals surface area (Å²) in [4.78, 5) is 17.2. The highest BCUT2D eigenvalue weighted by molar-refractivity contribution is 6.31. The molecular weight excluding hydrogens is 379 g/mol. The zero-order valence-corrected chi connectivity index (χ0v) is 17.7. The van der Waals surface area contributed by atoms with Gasteiger partial charge in [0.05, 0.1) is 5.57 Å². The summed E-state index contributed by atoms with van der Waals surface area (Å²) in [5.41, 5.74) is 5.02. The summed E-state index contributed by atoms with van der Waals surface area (Å²) in [6, 6.07) is 10.6. The van der Waals surface area contributed by atoms with Crippen LogP contribution in [0.4, 0.5) is 21.5 Å². The molecule has 2 aromatic carbocycles. The fraction of sp³-hybridized carbons (Fsp3) is 0.375. The molecule has 1 amide bonds. The van der Waals surface area contributed by atoms with Gasteiger partial charge >= 0.3 is 0 Å². The molecule has 6 heteroatoms. The normalized spacial score (nSPS) is 17.9.